The van der Waals surface area contributed by atoms with E-state index in [0.29, 0.717) is 13.0 Å². The minimum atomic E-state index is -0.674. The van der Waals surface area contributed by atoms with Gasteiger partial charge in [0.25, 0.3) is 0 Å². The van der Waals surface area contributed by atoms with Crippen molar-refractivity contribution in [2.75, 3.05) is 26.4 Å². The van der Waals surface area contributed by atoms with Crippen molar-refractivity contribution in [3.05, 3.63) is 11.8 Å². The molecule has 1 fully saturated rings. The second-order valence-electron chi connectivity index (χ2n) is 3.33. The summed E-state index contributed by atoms with van der Waals surface area (Å²) in [6.07, 6.45) is 2.07. The van der Waals surface area contributed by atoms with Gasteiger partial charge in [-0.05, 0) is 26.3 Å². The smallest absolute Gasteiger partial charge is 0.373 e. The maximum absolute atomic E-state index is 10.9. The fraction of sp³-hybridized carbons (Fsp3) is 0.750. The Hall–Kier alpha value is -1.07. The molecule has 1 N–H and O–H groups in total. The monoisotopic (exact) mass is 246 g/mol. The van der Waals surface area contributed by atoms with Gasteiger partial charge >= 0.3 is 5.97 Å². The first-order valence-electron chi connectivity index (χ1n) is 5.91. The van der Waals surface area contributed by atoms with E-state index in [4.69, 9.17) is 19.3 Å². The quantitative estimate of drug-likeness (QED) is 0.335. The van der Waals surface area contributed by atoms with Crippen molar-refractivity contribution in [3.8, 4) is 0 Å². The number of hydrogen-bond acceptors (Lipinski definition) is 5. The van der Waals surface area contributed by atoms with Gasteiger partial charge in [-0.15, -0.1) is 0 Å². The second kappa shape index (κ2) is 10.1. The van der Waals surface area contributed by atoms with Crippen LogP contribution in [0.4, 0.5) is 0 Å². The molecule has 0 aromatic carbocycles. The van der Waals surface area contributed by atoms with Crippen LogP contribution in [0, 0.1) is 0 Å². The minimum Gasteiger partial charge on any atom is -0.502 e. The normalized spacial score (nSPS) is 18.1. The molecule has 0 amide bonds. The fourth-order valence-corrected chi connectivity index (χ4v) is 0.888. The molecule has 5 heteroatoms. The first kappa shape index (κ1) is 15.9. The molecular formula is C12H22O5. The molecule has 1 saturated heterocycles. The Morgan fingerprint density at radius 1 is 1.41 bits per heavy atom. The third kappa shape index (κ3) is 9.84. The highest BCUT2D eigenvalue weighted by atomic mass is 16.6. The van der Waals surface area contributed by atoms with Crippen LogP contribution in [0.25, 0.3) is 0 Å². The van der Waals surface area contributed by atoms with Gasteiger partial charge in [-0.2, -0.15) is 0 Å². The molecule has 0 saturated carbocycles. The number of hydrogen-bond donors (Lipinski definition) is 1. The van der Waals surface area contributed by atoms with Gasteiger partial charge in [0.15, 0.2) is 5.76 Å². The number of carbonyl (C=O) groups is 1. The van der Waals surface area contributed by atoms with Gasteiger partial charge in [-0.25, -0.2) is 4.79 Å². The van der Waals surface area contributed by atoms with Crippen LogP contribution in [-0.4, -0.2) is 43.6 Å². The third-order valence-corrected chi connectivity index (χ3v) is 1.82. The Bertz CT molecular complexity index is 231. The number of aliphatic hydroxyl groups excluding tert-OH is 1. The van der Waals surface area contributed by atoms with Crippen LogP contribution in [0.3, 0.4) is 0 Å². The molecule has 5 nitrogen and oxygen atoms in total. The molecule has 1 atom stereocenters. The zero-order chi connectivity index (χ0) is 13.1. The highest BCUT2D eigenvalue weighted by Crippen LogP contribution is 2.09. The summed E-state index contributed by atoms with van der Waals surface area (Å²) in [7, 11) is 0. The summed E-state index contributed by atoms with van der Waals surface area (Å²) < 4.78 is 14.4. The number of rotatable bonds is 6. The van der Waals surface area contributed by atoms with E-state index in [9.17, 15) is 4.79 Å². The molecular weight excluding hydrogens is 224 g/mol. The Balaban J connectivity index is 0.000000437. The molecule has 1 unspecified atom stereocenters. The summed E-state index contributed by atoms with van der Waals surface area (Å²) >= 11 is 0. The lowest BCUT2D eigenvalue weighted by atomic mass is 10.4. The zero-order valence-electron chi connectivity index (χ0n) is 10.8. The summed E-state index contributed by atoms with van der Waals surface area (Å²) in [4.78, 5) is 10.9. The predicted molar refractivity (Wildman–Crippen MR) is 63.9 cm³/mol. The largest absolute Gasteiger partial charge is 0.502 e. The van der Waals surface area contributed by atoms with Gasteiger partial charge in [0, 0.05) is 13.2 Å². The molecule has 17 heavy (non-hydrogen) atoms. The predicted octanol–water partition coefficient (Wildman–Crippen LogP) is 1.82. The molecule has 0 aromatic heterocycles. The van der Waals surface area contributed by atoms with Gasteiger partial charge in [0.2, 0.25) is 0 Å². The van der Waals surface area contributed by atoms with Crippen molar-refractivity contribution in [1.29, 1.82) is 0 Å². The first-order chi connectivity index (χ1) is 8.15. The number of aliphatic hydroxyl groups is 1. The maximum atomic E-state index is 10.9. The van der Waals surface area contributed by atoms with E-state index >= 15 is 0 Å². The van der Waals surface area contributed by atoms with E-state index in [1.807, 2.05) is 20.8 Å². The molecule has 1 aliphatic heterocycles. The van der Waals surface area contributed by atoms with E-state index in [1.165, 1.54) is 6.08 Å². The second-order valence-corrected chi connectivity index (χ2v) is 3.33. The summed E-state index contributed by atoms with van der Waals surface area (Å²) in [6.45, 7) is 8.37. The molecule has 0 spiro atoms. The van der Waals surface area contributed by atoms with Crippen molar-refractivity contribution in [1.82, 2.24) is 0 Å². The van der Waals surface area contributed by atoms with Crippen LogP contribution in [-0.2, 0) is 19.0 Å². The highest BCUT2D eigenvalue weighted by molar-refractivity contribution is 5.85. The van der Waals surface area contributed by atoms with E-state index in [1.54, 1.807) is 0 Å². The zero-order valence-corrected chi connectivity index (χ0v) is 10.8. The first-order valence-corrected chi connectivity index (χ1v) is 5.91. The van der Waals surface area contributed by atoms with Crippen LogP contribution in [0.2, 0.25) is 0 Å². The molecule has 1 aliphatic rings. The standard InChI is InChI=1S/C8H12O4.C4H10O/c1-2-3-7(9)8(10)12-5-6-4-11-6;1-3-5-4-2/h3,6,9H,2,4-5H2,1H3;3-4H2,1-2H3/b7-3-;. The molecule has 0 aliphatic carbocycles. The van der Waals surface area contributed by atoms with Crippen molar-refractivity contribution in [2.24, 2.45) is 0 Å². The fourth-order valence-electron chi connectivity index (χ4n) is 0.888. The molecule has 1 heterocycles. The van der Waals surface area contributed by atoms with Crippen molar-refractivity contribution >= 4 is 5.97 Å². The molecule has 0 bridgehead atoms. The summed E-state index contributed by atoms with van der Waals surface area (Å²) in [5.74, 6) is -0.995. The van der Waals surface area contributed by atoms with Crippen LogP contribution in [0.5, 0.6) is 0 Å². The molecule has 0 aromatic rings. The van der Waals surface area contributed by atoms with Gasteiger partial charge in [0.05, 0.1) is 6.61 Å². The van der Waals surface area contributed by atoms with Gasteiger partial charge < -0.3 is 19.3 Å². The topological polar surface area (TPSA) is 68.3 Å². The Labute approximate surface area is 102 Å². The van der Waals surface area contributed by atoms with Crippen LogP contribution < -0.4 is 0 Å². The average molecular weight is 246 g/mol. The number of allylic oxidation sites excluding steroid dienone is 1. The van der Waals surface area contributed by atoms with Crippen LogP contribution in [0.1, 0.15) is 27.2 Å². The molecule has 1 rings (SSSR count). The lowest BCUT2D eigenvalue weighted by Gasteiger charge is -2.00. The van der Waals surface area contributed by atoms with Crippen molar-refractivity contribution in [3.63, 3.8) is 0 Å². The van der Waals surface area contributed by atoms with Crippen LogP contribution in [0.15, 0.2) is 11.8 Å². The number of esters is 1. The lowest BCUT2D eigenvalue weighted by Crippen LogP contribution is -2.11. The number of carbonyl (C=O) groups excluding carboxylic acids is 1. The van der Waals surface area contributed by atoms with E-state index in [2.05, 4.69) is 0 Å². The number of epoxide rings is 1. The van der Waals surface area contributed by atoms with Crippen LogP contribution >= 0.6 is 0 Å². The van der Waals surface area contributed by atoms with E-state index in [-0.39, 0.29) is 18.5 Å². The Morgan fingerprint density at radius 2 is 2.00 bits per heavy atom. The van der Waals surface area contributed by atoms with Gasteiger partial charge in [0.1, 0.15) is 12.7 Å². The van der Waals surface area contributed by atoms with E-state index in [0.717, 1.165) is 13.2 Å². The average Bonchev–Trinajstić information content (AvgIpc) is 3.12. The van der Waals surface area contributed by atoms with Gasteiger partial charge in [-0.3, -0.25) is 0 Å². The van der Waals surface area contributed by atoms with E-state index < -0.39 is 5.97 Å². The maximum Gasteiger partial charge on any atom is 0.373 e. The Morgan fingerprint density at radius 3 is 2.35 bits per heavy atom. The molecule has 100 valence electrons. The third-order valence-electron chi connectivity index (χ3n) is 1.82. The number of ether oxygens (including phenoxy) is 3. The highest BCUT2D eigenvalue weighted by Gasteiger charge is 2.24. The van der Waals surface area contributed by atoms with Gasteiger partial charge in [-0.1, -0.05) is 6.92 Å². The lowest BCUT2D eigenvalue weighted by molar-refractivity contribution is -0.142. The summed E-state index contributed by atoms with van der Waals surface area (Å²) in [5, 5.41) is 9.00. The van der Waals surface area contributed by atoms with Crippen molar-refractivity contribution < 1.29 is 24.1 Å². The summed E-state index contributed by atoms with van der Waals surface area (Å²) in [5.41, 5.74) is 0. The minimum absolute atomic E-state index is 0.0448. The summed E-state index contributed by atoms with van der Waals surface area (Å²) in [6, 6.07) is 0. The Kier molecular flexibility index (Phi) is 9.47. The SMILES string of the molecule is CC/C=C(\O)C(=O)OCC1CO1.CCOCC. The molecule has 0 radical (unpaired) electrons. The van der Waals surface area contributed by atoms with Crippen molar-refractivity contribution in [2.45, 2.75) is 33.3 Å².